The van der Waals surface area contributed by atoms with Crippen LogP contribution in [0.4, 0.5) is 5.69 Å². The smallest absolute Gasteiger partial charge is 0.232 e. The zero-order valence-electron chi connectivity index (χ0n) is 19.7. The summed E-state index contributed by atoms with van der Waals surface area (Å²) in [6, 6.07) is 23.3. The topological polar surface area (TPSA) is 66.5 Å². The highest BCUT2D eigenvalue weighted by Gasteiger charge is 2.21. The fourth-order valence-corrected chi connectivity index (χ4v) is 4.87. The molecule has 0 aliphatic rings. The number of nitrogens with zero attached hydrogens (tertiary/aromatic N) is 1. The standard InChI is InChI=1S/C27H32N2O3S/c1-20-15-17-24(18-16-20)27(23-11-6-5-7-12-23)28-26(30)14-9-19-29(33(4,31)32)25-13-8-10-21(2)22(25)3/h5-8,10-13,15-18,27H,9,14,19H2,1-4H3,(H,28,30)/t27-/m1/s1. The second-order valence-corrected chi connectivity index (χ2v) is 10.4. The molecule has 3 rings (SSSR count). The Morgan fingerprint density at radius 1 is 0.879 bits per heavy atom. The quantitative estimate of drug-likeness (QED) is 0.481. The summed E-state index contributed by atoms with van der Waals surface area (Å²) < 4.78 is 26.3. The first-order valence-corrected chi connectivity index (χ1v) is 13.0. The number of hydrogen-bond donors (Lipinski definition) is 1. The van der Waals surface area contributed by atoms with Gasteiger partial charge in [0, 0.05) is 13.0 Å². The van der Waals surface area contributed by atoms with Gasteiger partial charge in [-0.3, -0.25) is 9.10 Å². The maximum Gasteiger partial charge on any atom is 0.232 e. The van der Waals surface area contributed by atoms with E-state index in [4.69, 9.17) is 0 Å². The monoisotopic (exact) mass is 464 g/mol. The molecule has 0 radical (unpaired) electrons. The summed E-state index contributed by atoms with van der Waals surface area (Å²) in [4.78, 5) is 12.9. The predicted octanol–water partition coefficient (Wildman–Crippen LogP) is 5.06. The molecular formula is C27H32N2O3S. The molecule has 0 fully saturated rings. The van der Waals surface area contributed by atoms with Crippen LogP contribution in [-0.4, -0.2) is 27.1 Å². The summed E-state index contributed by atoms with van der Waals surface area (Å²) in [5, 5.41) is 3.13. The zero-order chi connectivity index (χ0) is 24.0. The molecule has 3 aromatic rings. The number of benzene rings is 3. The van der Waals surface area contributed by atoms with Crippen molar-refractivity contribution >= 4 is 21.6 Å². The van der Waals surface area contributed by atoms with Crippen LogP contribution < -0.4 is 9.62 Å². The molecule has 3 aromatic carbocycles. The van der Waals surface area contributed by atoms with Gasteiger partial charge < -0.3 is 5.32 Å². The van der Waals surface area contributed by atoms with Crippen molar-refractivity contribution in [1.29, 1.82) is 0 Å². The van der Waals surface area contributed by atoms with Crippen LogP contribution in [0.1, 0.15) is 46.7 Å². The number of sulfonamides is 1. The van der Waals surface area contributed by atoms with E-state index in [9.17, 15) is 13.2 Å². The molecule has 0 aliphatic heterocycles. The minimum Gasteiger partial charge on any atom is -0.345 e. The molecule has 0 unspecified atom stereocenters. The Morgan fingerprint density at radius 2 is 1.52 bits per heavy atom. The lowest BCUT2D eigenvalue weighted by Crippen LogP contribution is -2.33. The van der Waals surface area contributed by atoms with Crippen LogP contribution in [0.15, 0.2) is 72.8 Å². The average molecular weight is 465 g/mol. The van der Waals surface area contributed by atoms with E-state index in [-0.39, 0.29) is 24.9 Å². The zero-order valence-corrected chi connectivity index (χ0v) is 20.5. The van der Waals surface area contributed by atoms with Gasteiger partial charge in [-0.1, -0.05) is 72.3 Å². The summed E-state index contributed by atoms with van der Waals surface area (Å²) in [5.74, 6) is -0.112. The van der Waals surface area contributed by atoms with Crippen molar-refractivity contribution in [2.45, 2.75) is 39.7 Å². The molecule has 1 amide bonds. The second-order valence-electron chi connectivity index (χ2n) is 8.48. The molecule has 0 saturated carbocycles. The van der Waals surface area contributed by atoms with Gasteiger partial charge in [-0.2, -0.15) is 0 Å². The number of amides is 1. The number of anilines is 1. The number of carbonyl (C=O) groups is 1. The van der Waals surface area contributed by atoms with Gasteiger partial charge in [0.1, 0.15) is 0 Å². The molecule has 0 aromatic heterocycles. The van der Waals surface area contributed by atoms with Gasteiger partial charge in [0.25, 0.3) is 0 Å². The Bertz CT molecular complexity index is 1190. The highest BCUT2D eigenvalue weighted by atomic mass is 32.2. The molecular weight excluding hydrogens is 432 g/mol. The third-order valence-electron chi connectivity index (χ3n) is 5.86. The summed E-state index contributed by atoms with van der Waals surface area (Å²) in [7, 11) is -3.47. The predicted molar refractivity (Wildman–Crippen MR) is 135 cm³/mol. The molecule has 33 heavy (non-hydrogen) atoms. The molecule has 1 atom stereocenters. The van der Waals surface area contributed by atoms with Gasteiger partial charge in [0.2, 0.25) is 15.9 Å². The van der Waals surface area contributed by atoms with Crippen LogP contribution in [0, 0.1) is 20.8 Å². The Balaban J connectivity index is 1.71. The lowest BCUT2D eigenvalue weighted by Gasteiger charge is -2.25. The Labute approximate surface area is 197 Å². The average Bonchev–Trinajstić information content (AvgIpc) is 2.78. The minimum atomic E-state index is -3.47. The SMILES string of the molecule is Cc1ccc([C@H](NC(=O)CCCN(c2cccc(C)c2C)S(C)(=O)=O)c2ccccc2)cc1. The first kappa shape index (κ1) is 24.5. The first-order chi connectivity index (χ1) is 15.7. The van der Waals surface area contributed by atoms with E-state index in [1.807, 2.05) is 93.6 Å². The summed E-state index contributed by atoms with van der Waals surface area (Å²) in [5.41, 5.74) is 5.79. The van der Waals surface area contributed by atoms with Gasteiger partial charge in [0.15, 0.2) is 0 Å². The van der Waals surface area contributed by atoms with Crippen LogP contribution in [0.5, 0.6) is 0 Å². The van der Waals surface area contributed by atoms with Gasteiger partial charge >= 0.3 is 0 Å². The van der Waals surface area contributed by atoms with Crippen molar-refractivity contribution in [2.75, 3.05) is 17.1 Å². The van der Waals surface area contributed by atoms with E-state index in [0.717, 1.165) is 27.8 Å². The van der Waals surface area contributed by atoms with Crippen LogP contribution >= 0.6 is 0 Å². The first-order valence-electron chi connectivity index (χ1n) is 11.1. The van der Waals surface area contributed by atoms with E-state index in [0.29, 0.717) is 12.1 Å². The summed E-state index contributed by atoms with van der Waals surface area (Å²) >= 11 is 0. The maximum atomic E-state index is 12.9. The molecule has 0 bridgehead atoms. The fraction of sp³-hybridized carbons (Fsp3) is 0.296. The van der Waals surface area contributed by atoms with Crippen LogP contribution in [0.2, 0.25) is 0 Å². The lowest BCUT2D eigenvalue weighted by atomic mass is 9.97. The molecule has 0 heterocycles. The molecule has 0 saturated heterocycles. The van der Waals surface area contributed by atoms with Gasteiger partial charge in [-0.05, 0) is 55.5 Å². The molecule has 0 aliphatic carbocycles. The highest BCUT2D eigenvalue weighted by molar-refractivity contribution is 7.92. The van der Waals surface area contributed by atoms with E-state index >= 15 is 0 Å². The van der Waals surface area contributed by atoms with E-state index in [2.05, 4.69) is 5.32 Å². The maximum absolute atomic E-state index is 12.9. The van der Waals surface area contributed by atoms with Gasteiger partial charge in [-0.25, -0.2) is 8.42 Å². The molecule has 0 spiro atoms. The molecule has 5 nitrogen and oxygen atoms in total. The second kappa shape index (κ2) is 10.7. The third-order valence-corrected chi connectivity index (χ3v) is 7.04. The summed E-state index contributed by atoms with van der Waals surface area (Å²) in [6.07, 6.45) is 1.85. The van der Waals surface area contributed by atoms with Crippen LogP contribution in [-0.2, 0) is 14.8 Å². The van der Waals surface area contributed by atoms with Gasteiger partial charge in [-0.15, -0.1) is 0 Å². The minimum absolute atomic E-state index is 0.112. The lowest BCUT2D eigenvalue weighted by molar-refractivity contribution is -0.121. The van der Waals surface area contributed by atoms with Crippen molar-refractivity contribution < 1.29 is 13.2 Å². The van der Waals surface area contributed by atoms with E-state index in [1.54, 1.807) is 0 Å². The van der Waals surface area contributed by atoms with Crippen molar-refractivity contribution in [3.8, 4) is 0 Å². The number of carbonyl (C=O) groups excluding carboxylic acids is 1. The number of aryl methyl sites for hydroxylation is 2. The van der Waals surface area contributed by atoms with Crippen molar-refractivity contribution in [3.05, 3.63) is 101 Å². The molecule has 174 valence electrons. The number of hydrogen-bond acceptors (Lipinski definition) is 3. The number of nitrogens with one attached hydrogen (secondary N) is 1. The largest absolute Gasteiger partial charge is 0.345 e. The van der Waals surface area contributed by atoms with Crippen molar-refractivity contribution in [2.24, 2.45) is 0 Å². The Morgan fingerprint density at radius 3 is 2.15 bits per heavy atom. The summed E-state index contributed by atoms with van der Waals surface area (Å²) in [6.45, 7) is 6.16. The van der Waals surface area contributed by atoms with Gasteiger partial charge in [0.05, 0.1) is 18.0 Å². The normalized spacial score (nSPS) is 12.2. The van der Waals surface area contributed by atoms with Crippen LogP contribution in [0.3, 0.4) is 0 Å². The molecule has 1 N–H and O–H groups in total. The van der Waals surface area contributed by atoms with E-state index < -0.39 is 10.0 Å². The molecule has 6 heteroatoms. The number of rotatable bonds is 9. The van der Waals surface area contributed by atoms with E-state index in [1.165, 1.54) is 10.6 Å². The third kappa shape index (κ3) is 6.45. The van der Waals surface area contributed by atoms with Crippen LogP contribution in [0.25, 0.3) is 0 Å². The van der Waals surface area contributed by atoms with Crippen molar-refractivity contribution in [1.82, 2.24) is 5.32 Å². The Kier molecular flexibility index (Phi) is 7.92. The highest BCUT2D eigenvalue weighted by Crippen LogP contribution is 2.26. The van der Waals surface area contributed by atoms with Crippen molar-refractivity contribution in [3.63, 3.8) is 0 Å². The Hall–Kier alpha value is -3.12. The fourth-order valence-electron chi connectivity index (χ4n) is 3.85.